The van der Waals surface area contributed by atoms with Gasteiger partial charge in [0.25, 0.3) is 0 Å². The lowest BCUT2D eigenvalue weighted by Crippen LogP contribution is -3.00. The monoisotopic (exact) mass is 407 g/mol. The summed E-state index contributed by atoms with van der Waals surface area (Å²) < 4.78 is 21.8. The number of hydrogen-bond donors (Lipinski definition) is 1. The van der Waals surface area contributed by atoms with Gasteiger partial charge in [-0.2, -0.15) is 0 Å². The van der Waals surface area contributed by atoms with E-state index in [0.29, 0.717) is 11.2 Å². The zero-order valence-corrected chi connectivity index (χ0v) is 16.3. The number of pyridine rings is 1. The molecular weight excluding hydrogens is 385 g/mol. The van der Waals surface area contributed by atoms with Crippen molar-refractivity contribution >= 4 is 22.6 Å². The van der Waals surface area contributed by atoms with Gasteiger partial charge >= 0.3 is 5.97 Å². The maximum Gasteiger partial charge on any atom is 0.343 e. The number of rotatable bonds is 5. The minimum Gasteiger partial charge on any atom is -1.00 e. The van der Waals surface area contributed by atoms with Crippen LogP contribution in [0.15, 0.2) is 35.8 Å². The summed E-state index contributed by atoms with van der Waals surface area (Å²) in [5.41, 5.74) is 0.643. The van der Waals surface area contributed by atoms with Crippen molar-refractivity contribution in [2.45, 2.75) is 18.9 Å². The molecule has 1 aromatic heterocycles. The van der Waals surface area contributed by atoms with Gasteiger partial charge in [0.15, 0.2) is 0 Å². The highest BCUT2D eigenvalue weighted by Gasteiger charge is 2.28. The largest absolute Gasteiger partial charge is 1.00 e. The lowest BCUT2D eigenvalue weighted by molar-refractivity contribution is -0.655. The Balaban J connectivity index is 0.00000225. The van der Waals surface area contributed by atoms with E-state index in [0.717, 1.165) is 39.0 Å². The van der Waals surface area contributed by atoms with Gasteiger partial charge in [-0.05, 0) is 25.0 Å². The number of hydrogen-bond acceptors (Lipinski definition) is 4. The fraction of sp³-hybridized carbons (Fsp3) is 0.400. The molecule has 2 aromatic rings. The van der Waals surface area contributed by atoms with Crippen LogP contribution in [0.1, 0.15) is 29.2 Å². The topological polar surface area (TPSA) is 68.2 Å². The molecular formula is C20H23ClFN3O3. The number of piperazine rings is 1. The van der Waals surface area contributed by atoms with E-state index in [1.54, 1.807) is 12.3 Å². The molecule has 1 aliphatic carbocycles. The van der Waals surface area contributed by atoms with Crippen molar-refractivity contribution in [3.8, 4) is 0 Å². The number of benzene rings is 1. The number of carbonyl (C=O) groups excluding carboxylic acids is 1. The van der Waals surface area contributed by atoms with Crippen molar-refractivity contribution < 1.29 is 31.6 Å². The third-order valence-electron chi connectivity index (χ3n) is 5.14. The molecule has 28 heavy (non-hydrogen) atoms. The Kier molecular flexibility index (Phi) is 6.05. The van der Waals surface area contributed by atoms with Crippen LogP contribution in [0.2, 0.25) is 0 Å². The summed E-state index contributed by atoms with van der Waals surface area (Å²) in [5.74, 6) is -1.13. The molecule has 1 aliphatic heterocycles. The average Bonchev–Trinajstić information content (AvgIpc) is 3.52. The van der Waals surface area contributed by atoms with E-state index >= 15 is 0 Å². The molecule has 1 saturated heterocycles. The fourth-order valence-corrected chi connectivity index (χ4v) is 3.60. The highest BCUT2D eigenvalue weighted by atomic mass is 35.5. The van der Waals surface area contributed by atoms with Crippen molar-refractivity contribution in [3.63, 3.8) is 0 Å². The summed E-state index contributed by atoms with van der Waals surface area (Å²) in [4.78, 5) is 27.1. The normalized spacial score (nSPS) is 16.5. The number of esters is 1. The number of ether oxygens (including phenoxy) is 1. The standard InChI is InChI=1S/C20H22FN3O3.ClH/c1-2-9-27-20(26)15-12-24(13-3-4-13)17-11-18(23-7-5-22-6-8-23)16(21)10-14(17)19(15)25;/h2,10-13,22H,1,3-9H2;1H. The molecule has 0 radical (unpaired) electrons. The number of halogens is 2. The van der Waals surface area contributed by atoms with Crippen LogP contribution in [-0.4, -0.2) is 43.3 Å². The Morgan fingerprint density at radius 3 is 2.68 bits per heavy atom. The van der Waals surface area contributed by atoms with Crippen LogP contribution in [0, 0.1) is 5.82 Å². The van der Waals surface area contributed by atoms with E-state index in [1.165, 1.54) is 12.1 Å². The third kappa shape index (κ3) is 3.77. The second-order valence-corrected chi connectivity index (χ2v) is 7.07. The fourth-order valence-electron chi connectivity index (χ4n) is 3.60. The summed E-state index contributed by atoms with van der Waals surface area (Å²) >= 11 is 0. The molecule has 2 N–H and O–H groups in total. The first-order valence-corrected chi connectivity index (χ1v) is 9.33. The first-order chi connectivity index (χ1) is 13.1. The molecule has 0 spiro atoms. The van der Waals surface area contributed by atoms with Crippen LogP contribution in [-0.2, 0) is 4.74 Å². The quantitative estimate of drug-likeness (QED) is 0.469. The molecule has 150 valence electrons. The molecule has 2 heterocycles. The van der Waals surface area contributed by atoms with Crippen LogP contribution in [0.3, 0.4) is 0 Å². The maximum atomic E-state index is 14.8. The van der Waals surface area contributed by atoms with E-state index in [9.17, 15) is 14.0 Å². The summed E-state index contributed by atoms with van der Waals surface area (Å²) in [7, 11) is 0. The Hall–Kier alpha value is -2.38. The molecule has 0 amide bonds. The predicted octanol–water partition coefficient (Wildman–Crippen LogP) is -1.79. The van der Waals surface area contributed by atoms with E-state index in [1.807, 2.05) is 9.47 Å². The van der Waals surface area contributed by atoms with Gasteiger partial charge in [-0.15, -0.1) is 0 Å². The van der Waals surface area contributed by atoms with Gasteiger partial charge in [0, 0.05) is 17.6 Å². The van der Waals surface area contributed by atoms with Gasteiger partial charge in [-0.1, -0.05) is 12.7 Å². The first kappa shape index (κ1) is 20.4. The average molecular weight is 408 g/mol. The number of fused-ring (bicyclic) bond motifs is 1. The zero-order valence-electron chi connectivity index (χ0n) is 15.5. The summed E-state index contributed by atoms with van der Waals surface area (Å²) in [6.07, 6.45) is 4.97. The second kappa shape index (κ2) is 8.32. The molecule has 8 heteroatoms. The zero-order chi connectivity index (χ0) is 19.0. The number of nitrogens with zero attached hydrogens (tertiary/aromatic N) is 2. The van der Waals surface area contributed by atoms with Crippen LogP contribution >= 0.6 is 0 Å². The summed E-state index contributed by atoms with van der Waals surface area (Å²) in [6, 6.07) is 3.26. The van der Waals surface area contributed by atoms with Gasteiger partial charge < -0.3 is 31.9 Å². The Morgan fingerprint density at radius 1 is 1.32 bits per heavy atom. The highest BCUT2D eigenvalue weighted by Crippen LogP contribution is 2.38. The van der Waals surface area contributed by atoms with Crippen molar-refractivity contribution in [1.29, 1.82) is 0 Å². The van der Waals surface area contributed by atoms with Gasteiger partial charge in [0.05, 0.1) is 37.4 Å². The number of carbonyl (C=O) groups is 1. The molecule has 0 bridgehead atoms. The van der Waals surface area contributed by atoms with E-state index in [4.69, 9.17) is 4.74 Å². The van der Waals surface area contributed by atoms with Gasteiger partial charge in [-0.3, -0.25) is 4.79 Å². The number of quaternary nitrogens is 1. The van der Waals surface area contributed by atoms with Crippen molar-refractivity contribution in [3.05, 3.63) is 52.6 Å². The van der Waals surface area contributed by atoms with Crippen LogP contribution in [0.25, 0.3) is 10.9 Å². The Bertz CT molecular complexity index is 965. The van der Waals surface area contributed by atoms with Gasteiger partial charge in [-0.25, -0.2) is 9.18 Å². The van der Waals surface area contributed by atoms with Gasteiger partial charge in [0.1, 0.15) is 18.0 Å². The lowest BCUT2D eigenvalue weighted by atomic mass is 10.1. The molecule has 1 saturated carbocycles. The maximum absolute atomic E-state index is 14.8. The van der Waals surface area contributed by atoms with Crippen LogP contribution in [0.4, 0.5) is 10.1 Å². The molecule has 2 fully saturated rings. The molecule has 6 nitrogen and oxygen atoms in total. The van der Waals surface area contributed by atoms with Crippen molar-refractivity contribution in [1.82, 2.24) is 4.57 Å². The molecule has 4 rings (SSSR count). The highest BCUT2D eigenvalue weighted by molar-refractivity contribution is 5.94. The lowest BCUT2D eigenvalue weighted by Gasteiger charge is -2.28. The summed E-state index contributed by atoms with van der Waals surface area (Å²) in [5, 5.41) is 2.43. The van der Waals surface area contributed by atoms with Crippen molar-refractivity contribution in [2.75, 3.05) is 37.7 Å². The summed E-state index contributed by atoms with van der Waals surface area (Å²) in [6.45, 7) is 6.90. The van der Waals surface area contributed by atoms with E-state index in [-0.39, 0.29) is 36.0 Å². The second-order valence-electron chi connectivity index (χ2n) is 7.07. The minimum absolute atomic E-state index is 0. The van der Waals surface area contributed by atoms with E-state index < -0.39 is 17.2 Å². The third-order valence-corrected chi connectivity index (χ3v) is 5.14. The van der Waals surface area contributed by atoms with Crippen LogP contribution < -0.4 is 28.1 Å². The predicted molar refractivity (Wildman–Crippen MR) is 101 cm³/mol. The number of aromatic nitrogens is 1. The number of anilines is 1. The van der Waals surface area contributed by atoms with Crippen molar-refractivity contribution in [2.24, 2.45) is 0 Å². The van der Waals surface area contributed by atoms with E-state index in [2.05, 4.69) is 11.9 Å². The van der Waals surface area contributed by atoms with Crippen LogP contribution in [0.5, 0.6) is 0 Å². The smallest absolute Gasteiger partial charge is 0.343 e. The molecule has 0 unspecified atom stereocenters. The molecule has 2 aliphatic rings. The molecule has 0 atom stereocenters. The Labute approximate surface area is 168 Å². The SMILES string of the molecule is C=CCOC(=O)c1cn(C2CC2)c2cc(N3CC[NH2+]CC3)c(F)cc2c1=O.[Cl-]. The minimum atomic E-state index is -0.702. The Morgan fingerprint density at radius 2 is 2.04 bits per heavy atom. The molecule has 1 aromatic carbocycles. The number of nitrogens with two attached hydrogens (primary N) is 1. The first-order valence-electron chi connectivity index (χ1n) is 9.33. The van der Waals surface area contributed by atoms with Gasteiger partial charge in [0.2, 0.25) is 5.43 Å².